The number of carboxylic acids is 1. The van der Waals surface area contributed by atoms with E-state index >= 15 is 0 Å². The van der Waals surface area contributed by atoms with E-state index in [0.717, 1.165) is 18.2 Å². The largest absolute Gasteiger partial charge is 0.480 e. The van der Waals surface area contributed by atoms with Crippen molar-refractivity contribution >= 4 is 22.8 Å². The molecule has 2 atom stereocenters. The summed E-state index contributed by atoms with van der Waals surface area (Å²) in [5.41, 5.74) is 1.07. The molecule has 3 rings (SSSR count). The predicted molar refractivity (Wildman–Crippen MR) is 77.1 cm³/mol. The minimum Gasteiger partial charge on any atom is -0.480 e. The van der Waals surface area contributed by atoms with Gasteiger partial charge >= 0.3 is 5.97 Å². The van der Waals surface area contributed by atoms with E-state index in [2.05, 4.69) is 0 Å². The van der Waals surface area contributed by atoms with Crippen LogP contribution in [-0.2, 0) is 4.79 Å². The van der Waals surface area contributed by atoms with Crippen molar-refractivity contribution in [3.8, 4) is 0 Å². The normalized spacial score (nSPS) is 22.4. The Morgan fingerprint density at radius 1 is 1.33 bits per heavy atom. The number of piperidine rings is 1. The van der Waals surface area contributed by atoms with Crippen LogP contribution in [0.2, 0.25) is 0 Å². The van der Waals surface area contributed by atoms with E-state index in [1.807, 2.05) is 25.1 Å². The van der Waals surface area contributed by atoms with Crippen LogP contribution in [-0.4, -0.2) is 34.5 Å². The number of furan rings is 1. The number of aliphatic carboxylic acids is 1. The summed E-state index contributed by atoms with van der Waals surface area (Å²) in [6, 6.07) is 6.51. The molecule has 5 nitrogen and oxygen atoms in total. The van der Waals surface area contributed by atoms with E-state index in [1.54, 1.807) is 6.07 Å². The first-order chi connectivity index (χ1) is 10.1. The number of amides is 1. The second-order valence-electron chi connectivity index (χ2n) is 5.55. The lowest BCUT2D eigenvalue weighted by atomic mass is 9.90. The number of hydrogen-bond acceptors (Lipinski definition) is 3. The molecule has 110 valence electrons. The fraction of sp³-hybridized carbons (Fsp3) is 0.375. The first kappa shape index (κ1) is 13.7. The lowest BCUT2D eigenvalue weighted by Gasteiger charge is -2.37. The Kier molecular flexibility index (Phi) is 3.41. The van der Waals surface area contributed by atoms with Crippen molar-refractivity contribution in [1.82, 2.24) is 4.90 Å². The molecule has 5 heteroatoms. The third-order valence-electron chi connectivity index (χ3n) is 4.16. The summed E-state index contributed by atoms with van der Waals surface area (Å²) in [4.78, 5) is 25.7. The first-order valence-electron chi connectivity index (χ1n) is 7.09. The van der Waals surface area contributed by atoms with Crippen molar-refractivity contribution in [2.45, 2.75) is 25.8 Å². The summed E-state index contributed by atoms with van der Waals surface area (Å²) in [6.45, 7) is 2.35. The maximum atomic E-state index is 12.7. The van der Waals surface area contributed by atoms with Crippen molar-refractivity contribution in [2.24, 2.45) is 5.92 Å². The van der Waals surface area contributed by atoms with Gasteiger partial charge in [0.1, 0.15) is 17.9 Å². The number of carboxylic acid groups (broad SMARTS) is 1. The van der Waals surface area contributed by atoms with Crippen LogP contribution in [0.1, 0.15) is 30.1 Å². The molecule has 1 aromatic heterocycles. The van der Waals surface area contributed by atoms with Gasteiger partial charge in [-0.1, -0.05) is 25.1 Å². The van der Waals surface area contributed by atoms with Crippen LogP contribution in [0.3, 0.4) is 0 Å². The van der Waals surface area contributed by atoms with Crippen LogP contribution in [0, 0.1) is 5.92 Å². The molecule has 2 unspecified atom stereocenters. The van der Waals surface area contributed by atoms with Gasteiger partial charge in [0.15, 0.2) is 0 Å². The Morgan fingerprint density at radius 2 is 2.10 bits per heavy atom. The minimum absolute atomic E-state index is 0.0432. The van der Waals surface area contributed by atoms with Crippen LogP contribution in [0.25, 0.3) is 11.0 Å². The Balaban J connectivity index is 1.98. The first-order valence-corrected chi connectivity index (χ1v) is 7.09. The average Bonchev–Trinajstić information content (AvgIpc) is 2.89. The average molecular weight is 287 g/mol. The SMILES string of the molecule is CC1CCCN(C(=O)c2coc3ccccc23)C1C(=O)O. The molecule has 1 amide bonds. The molecule has 0 radical (unpaired) electrons. The Hall–Kier alpha value is -2.30. The van der Waals surface area contributed by atoms with Gasteiger partial charge in [-0.15, -0.1) is 0 Å². The molecule has 0 saturated carbocycles. The zero-order chi connectivity index (χ0) is 15.0. The third kappa shape index (κ3) is 2.28. The number of carbonyl (C=O) groups excluding carboxylic acids is 1. The molecule has 1 aromatic carbocycles. The van der Waals surface area contributed by atoms with Crippen molar-refractivity contribution in [1.29, 1.82) is 0 Å². The minimum atomic E-state index is -0.941. The maximum absolute atomic E-state index is 12.7. The van der Waals surface area contributed by atoms with Gasteiger partial charge in [-0.05, 0) is 24.8 Å². The highest BCUT2D eigenvalue weighted by atomic mass is 16.4. The summed E-state index contributed by atoms with van der Waals surface area (Å²) in [5, 5.41) is 10.1. The highest BCUT2D eigenvalue weighted by Gasteiger charge is 2.38. The molecule has 2 aromatic rings. The predicted octanol–water partition coefficient (Wildman–Crippen LogP) is 2.76. The van der Waals surface area contributed by atoms with Gasteiger partial charge in [0.2, 0.25) is 0 Å². The van der Waals surface area contributed by atoms with E-state index in [4.69, 9.17) is 4.42 Å². The zero-order valence-electron chi connectivity index (χ0n) is 11.8. The molecule has 1 aliphatic heterocycles. The monoisotopic (exact) mass is 287 g/mol. The maximum Gasteiger partial charge on any atom is 0.326 e. The molecule has 0 aliphatic carbocycles. The molecule has 1 aliphatic rings. The zero-order valence-corrected chi connectivity index (χ0v) is 11.8. The Morgan fingerprint density at radius 3 is 2.86 bits per heavy atom. The van der Waals surface area contributed by atoms with Gasteiger partial charge in [0.05, 0.1) is 5.56 Å². The quantitative estimate of drug-likeness (QED) is 0.922. The summed E-state index contributed by atoms with van der Waals surface area (Å²) in [6.07, 6.45) is 3.07. The lowest BCUT2D eigenvalue weighted by molar-refractivity contribution is -0.145. The van der Waals surface area contributed by atoms with Crippen molar-refractivity contribution in [3.63, 3.8) is 0 Å². The molecule has 1 saturated heterocycles. The molecule has 1 fully saturated rings. The Labute approximate surface area is 122 Å². The molecule has 0 bridgehead atoms. The van der Waals surface area contributed by atoms with E-state index < -0.39 is 12.0 Å². The fourth-order valence-corrected chi connectivity index (χ4v) is 3.09. The topological polar surface area (TPSA) is 70.8 Å². The van der Waals surface area contributed by atoms with Crippen molar-refractivity contribution < 1.29 is 19.1 Å². The van der Waals surface area contributed by atoms with Crippen LogP contribution >= 0.6 is 0 Å². The molecular weight excluding hydrogens is 270 g/mol. The van der Waals surface area contributed by atoms with E-state index in [9.17, 15) is 14.7 Å². The number of nitrogens with zero attached hydrogens (tertiary/aromatic N) is 1. The highest BCUT2D eigenvalue weighted by molar-refractivity contribution is 6.07. The van der Waals surface area contributed by atoms with Crippen molar-refractivity contribution in [2.75, 3.05) is 6.54 Å². The molecular formula is C16H17NO4. The van der Waals surface area contributed by atoms with Gasteiger partial charge in [0, 0.05) is 11.9 Å². The van der Waals surface area contributed by atoms with Gasteiger partial charge in [-0.3, -0.25) is 4.79 Å². The smallest absolute Gasteiger partial charge is 0.326 e. The van der Waals surface area contributed by atoms with E-state index in [1.165, 1.54) is 11.2 Å². The van der Waals surface area contributed by atoms with Gasteiger partial charge < -0.3 is 14.4 Å². The van der Waals surface area contributed by atoms with Crippen LogP contribution in [0.15, 0.2) is 34.9 Å². The molecule has 0 spiro atoms. The number of para-hydroxylation sites is 1. The van der Waals surface area contributed by atoms with Crippen LogP contribution < -0.4 is 0 Å². The van der Waals surface area contributed by atoms with Crippen LogP contribution in [0.4, 0.5) is 0 Å². The summed E-state index contributed by atoms with van der Waals surface area (Å²) >= 11 is 0. The number of likely N-dealkylation sites (tertiary alicyclic amines) is 1. The highest BCUT2D eigenvalue weighted by Crippen LogP contribution is 2.28. The fourth-order valence-electron chi connectivity index (χ4n) is 3.09. The molecule has 2 heterocycles. The Bertz CT molecular complexity index is 690. The van der Waals surface area contributed by atoms with E-state index in [-0.39, 0.29) is 11.8 Å². The molecule has 21 heavy (non-hydrogen) atoms. The standard InChI is InChI=1S/C16H17NO4/c1-10-5-4-8-17(14(10)16(19)20)15(18)12-9-21-13-7-3-2-6-11(12)13/h2-3,6-7,9-10,14H,4-5,8H2,1H3,(H,19,20). The second-order valence-corrected chi connectivity index (χ2v) is 5.55. The van der Waals surface area contributed by atoms with Gasteiger partial charge in [0.25, 0.3) is 5.91 Å². The third-order valence-corrected chi connectivity index (χ3v) is 4.16. The van der Waals surface area contributed by atoms with Crippen molar-refractivity contribution in [3.05, 3.63) is 36.1 Å². The second kappa shape index (κ2) is 5.24. The number of hydrogen-bond donors (Lipinski definition) is 1. The van der Waals surface area contributed by atoms with Crippen LogP contribution in [0.5, 0.6) is 0 Å². The number of fused-ring (bicyclic) bond motifs is 1. The lowest BCUT2D eigenvalue weighted by Crippen LogP contribution is -2.51. The summed E-state index contributed by atoms with van der Waals surface area (Å²) in [7, 11) is 0. The number of rotatable bonds is 2. The number of carbonyl (C=O) groups is 2. The summed E-state index contributed by atoms with van der Waals surface area (Å²) in [5.74, 6) is -1.25. The summed E-state index contributed by atoms with van der Waals surface area (Å²) < 4.78 is 5.39. The molecule has 1 N–H and O–H groups in total. The van der Waals surface area contributed by atoms with Gasteiger partial charge in [-0.2, -0.15) is 0 Å². The van der Waals surface area contributed by atoms with Gasteiger partial charge in [-0.25, -0.2) is 4.79 Å². The number of benzene rings is 1. The van der Waals surface area contributed by atoms with E-state index in [0.29, 0.717) is 17.7 Å².